The number of rotatable bonds is 2. The number of barbiturate groups is 1. The number of carbonyl (C=O) groups excluding carboxylic acids is 3. The van der Waals surface area contributed by atoms with Crippen LogP contribution in [0.25, 0.3) is 6.08 Å². The van der Waals surface area contributed by atoms with Crippen LogP contribution in [0.5, 0.6) is 11.5 Å². The summed E-state index contributed by atoms with van der Waals surface area (Å²) in [5.74, 6) is -1.29. The first-order chi connectivity index (χ1) is 10.6. The molecule has 122 valence electrons. The van der Waals surface area contributed by atoms with E-state index in [2.05, 4.69) is 5.32 Å². The van der Waals surface area contributed by atoms with Crippen molar-refractivity contribution < 1.29 is 24.2 Å². The van der Waals surface area contributed by atoms with Gasteiger partial charge >= 0.3 is 6.03 Å². The van der Waals surface area contributed by atoms with Gasteiger partial charge in [0.15, 0.2) is 11.5 Å². The van der Waals surface area contributed by atoms with Crippen LogP contribution >= 0.6 is 0 Å². The Morgan fingerprint density at radius 1 is 1.22 bits per heavy atom. The van der Waals surface area contributed by atoms with Gasteiger partial charge in [0, 0.05) is 5.54 Å². The number of ether oxygens (including phenoxy) is 1. The SMILES string of the molecule is COc1ccc(/C=C2\C(=O)NC(=O)N(C(C)(C)C)C2=O)cc1O. The summed E-state index contributed by atoms with van der Waals surface area (Å²) < 4.78 is 4.94. The Balaban J connectivity index is 2.44. The van der Waals surface area contributed by atoms with E-state index < -0.39 is 23.4 Å². The molecule has 2 rings (SSSR count). The quantitative estimate of drug-likeness (QED) is 0.638. The van der Waals surface area contributed by atoms with Gasteiger partial charge in [-0.05, 0) is 44.5 Å². The van der Waals surface area contributed by atoms with E-state index in [0.29, 0.717) is 5.56 Å². The highest BCUT2D eigenvalue weighted by molar-refractivity contribution is 6.31. The molecule has 1 aromatic rings. The predicted octanol–water partition coefficient (Wildman–Crippen LogP) is 1.66. The van der Waals surface area contributed by atoms with Crippen molar-refractivity contribution >= 4 is 23.9 Å². The molecule has 7 nitrogen and oxygen atoms in total. The van der Waals surface area contributed by atoms with Gasteiger partial charge in [0.2, 0.25) is 0 Å². The third kappa shape index (κ3) is 3.18. The molecular formula is C16H18N2O5. The number of hydrogen-bond acceptors (Lipinski definition) is 5. The maximum absolute atomic E-state index is 12.5. The van der Waals surface area contributed by atoms with Gasteiger partial charge in [0.1, 0.15) is 5.57 Å². The molecule has 1 saturated heterocycles. The van der Waals surface area contributed by atoms with Crippen molar-refractivity contribution in [3.05, 3.63) is 29.3 Å². The zero-order valence-corrected chi connectivity index (χ0v) is 13.3. The van der Waals surface area contributed by atoms with Crippen molar-refractivity contribution in [1.29, 1.82) is 0 Å². The third-order valence-corrected chi connectivity index (χ3v) is 3.29. The molecule has 1 aliphatic rings. The molecule has 1 aromatic carbocycles. The highest BCUT2D eigenvalue weighted by atomic mass is 16.5. The van der Waals surface area contributed by atoms with E-state index in [0.717, 1.165) is 4.90 Å². The van der Waals surface area contributed by atoms with Crippen LogP contribution in [0, 0.1) is 0 Å². The minimum absolute atomic E-state index is 0.116. The number of phenolic OH excluding ortho intramolecular Hbond substituents is 1. The molecule has 0 saturated carbocycles. The van der Waals surface area contributed by atoms with Crippen molar-refractivity contribution in [1.82, 2.24) is 10.2 Å². The fourth-order valence-electron chi connectivity index (χ4n) is 2.23. The molecule has 0 bridgehead atoms. The molecule has 0 spiro atoms. The van der Waals surface area contributed by atoms with Crippen molar-refractivity contribution in [3.63, 3.8) is 0 Å². The second kappa shape index (κ2) is 5.75. The van der Waals surface area contributed by atoms with Crippen LogP contribution in [0.3, 0.4) is 0 Å². The number of carbonyl (C=O) groups is 3. The van der Waals surface area contributed by atoms with E-state index in [4.69, 9.17) is 4.74 Å². The maximum Gasteiger partial charge on any atom is 0.331 e. The number of hydrogen-bond donors (Lipinski definition) is 2. The molecule has 23 heavy (non-hydrogen) atoms. The molecule has 2 N–H and O–H groups in total. The van der Waals surface area contributed by atoms with Crippen molar-refractivity contribution in [2.45, 2.75) is 26.3 Å². The summed E-state index contributed by atoms with van der Waals surface area (Å²) >= 11 is 0. The molecule has 1 fully saturated rings. The minimum Gasteiger partial charge on any atom is -0.504 e. The molecule has 4 amide bonds. The van der Waals surface area contributed by atoms with E-state index >= 15 is 0 Å². The maximum atomic E-state index is 12.5. The topological polar surface area (TPSA) is 95.9 Å². The monoisotopic (exact) mass is 318 g/mol. The largest absolute Gasteiger partial charge is 0.504 e. The number of urea groups is 1. The van der Waals surface area contributed by atoms with Crippen molar-refractivity contribution in [2.24, 2.45) is 0 Å². The van der Waals surface area contributed by atoms with Crippen LogP contribution < -0.4 is 10.1 Å². The summed E-state index contributed by atoms with van der Waals surface area (Å²) in [4.78, 5) is 37.3. The van der Waals surface area contributed by atoms with Gasteiger partial charge in [-0.2, -0.15) is 0 Å². The Morgan fingerprint density at radius 3 is 2.39 bits per heavy atom. The highest BCUT2D eigenvalue weighted by Crippen LogP contribution is 2.28. The second-order valence-electron chi connectivity index (χ2n) is 6.06. The van der Waals surface area contributed by atoms with E-state index in [1.807, 2.05) is 0 Å². The van der Waals surface area contributed by atoms with Gasteiger partial charge in [-0.25, -0.2) is 4.79 Å². The average Bonchev–Trinajstić information content (AvgIpc) is 2.41. The summed E-state index contributed by atoms with van der Waals surface area (Å²) in [7, 11) is 1.41. The summed E-state index contributed by atoms with van der Waals surface area (Å²) in [6.45, 7) is 5.07. The van der Waals surface area contributed by atoms with E-state index in [-0.39, 0.29) is 17.1 Å². The van der Waals surface area contributed by atoms with Crippen LogP contribution in [0.15, 0.2) is 23.8 Å². The Hall–Kier alpha value is -2.83. The fraction of sp³-hybridized carbons (Fsp3) is 0.312. The molecule has 7 heteroatoms. The standard InChI is InChI=1S/C16H18N2O5/c1-16(2,3)18-14(21)10(13(20)17-15(18)22)7-9-5-6-12(23-4)11(19)8-9/h5-8,19H,1-4H3,(H,17,20,22)/b10-7+. The van der Waals surface area contributed by atoms with E-state index in [9.17, 15) is 19.5 Å². The van der Waals surface area contributed by atoms with Gasteiger partial charge < -0.3 is 9.84 Å². The Kier molecular flexibility index (Phi) is 4.14. The van der Waals surface area contributed by atoms with Gasteiger partial charge in [-0.15, -0.1) is 0 Å². The molecule has 0 aliphatic carbocycles. The molecule has 1 aliphatic heterocycles. The molecule has 0 atom stereocenters. The van der Waals surface area contributed by atoms with Crippen LogP contribution in [-0.2, 0) is 9.59 Å². The fourth-order valence-corrected chi connectivity index (χ4v) is 2.23. The lowest BCUT2D eigenvalue weighted by Gasteiger charge is -2.36. The number of phenols is 1. The lowest BCUT2D eigenvalue weighted by molar-refractivity contribution is -0.133. The van der Waals surface area contributed by atoms with E-state index in [1.54, 1.807) is 26.8 Å². The zero-order valence-electron chi connectivity index (χ0n) is 13.3. The average molecular weight is 318 g/mol. The second-order valence-corrected chi connectivity index (χ2v) is 6.06. The zero-order chi connectivity index (χ0) is 17.4. The lowest BCUT2D eigenvalue weighted by atomic mass is 10.0. The van der Waals surface area contributed by atoms with Gasteiger partial charge in [-0.3, -0.25) is 19.8 Å². The smallest absolute Gasteiger partial charge is 0.331 e. The number of imide groups is 2. The summed E-state index contributed by atoms with van der Waals surface area (Å²) in [6, 6.07) is 3.72. The summed E-state index contributed by atoms with van der Waals surface area (Å²) in [5.41, 5.74) is -0.516. The first-order valence-electron chi connectivity index (χ1n) is 6.93. The normalized spacial score (nSPS) is 17.5. The van der Waals surface area contributed by atoms with Gasteiger partial charge in [0.05, 0.1) is 7.11 Å². The molecule has 0 aromatic heterocycles. The molecular weight excluding hydrogens is 300 g/mol. The highest BCUT2D eigenvalue weighted by Gasteiger charge is 2.41. The number of benzene rings is 1. The number of nitrogens with one attached hydrogen (secondary N) is 1. The van der Waals surface area contributed by atoms with Crippen LogP contribution in [0.2, 0.25) is 0 Å². The van der Waals surface area contributed by atoms with Crippen LogP contribution in [-0.4, -0.2) is 40.5 Å². The minimum atomic E-state index is -0.775. The van der Waals surface area contributed by atoms with Crippen LogP contribution in [0.4, 0.5) is 4.79 Å². The first kappa shape index (κ1) is 16.5. The lowest BCUT2D eigenvalue weighted by Crippen LogP contribution is -2.60. The number of nitrogens with zero attached hydrogens (tertiary/aromatic N) is 1. The predicted molar refractivity (Wildman–Crippen MR) is 82.8 cm³/mol. The van der Waals surface area contributed by atoms with E-state index in [1.165, 1.54) is 25.3 Å². The summed E-state index contributed by atoms with van der Waals surface area (Å²) in [5, 5.41) is 11.9. The van der Waals surface area contributed by atoms with Crippen LogP contribution in [0.1, 0.15) is 26.3 Å². The number of aromatic hydroxyl groups is 1. The van der Waals surface area contributed by atoms with Crippen molar-refractivity contribution in [2.75, 3.05) is 7.11 Å². The third-order valence-electron chi connectivity index (χ3n) is 3.29. The first-order valence-corrected chi connectivity index (χ1v) is 6.93. The molecule has 0 unspecified atom stereocenters. The number of methoxy groups -OCH3 is 1. The Labute approximate surface area is 133 Å². The Bertz CT molecular complexity index is 716. The number of amides is 4. The Morgan fingerprint density at radius 2 is 1.87 bits per heavy atom. The van der Waals surface area contributed by atoms with Crippen molar-refractivity contribution in [3.8, 4) is 11.5 Å². The molecule has 0 radical (unpaired) electrons. The van der Waals surface area contributed by atoms with Gasteiger partial charge in [-0.1, -0.05) is 6.07 Å². The molecule has 1 heterocycles. The van der Waals surface area contributed by atoms with Gasteiger partial charge in [0.25, 0.3) is 11.8 Å². The summed E-state index contributed by atoms with van der Waals surface area (Å²) in [6.07, 6.45) is 1.32.